The van der Waals surface area contributed by atoms with Crippen LogP contribution < -0.4 is 5.32 Å². The van der Waals surface area contributed by atoms with Crippen LogP contribution in [0.1, 0.15) is 5.56 Å². The number of alkyl halides is 4. The van der Waals surface area contributed by atoms with Gasteiger partial charge in [-0.25, -0.2) is 13.2 Å². The molecular weight excluding hydrogens is 317 g/mol. The molecule has 0 radical (unpaired) electrons. The van der Waals surface area contributed by atoms with Crippen molar-refractivity contribution in [3.05, 3.63) is 34.6 Å². The first-order valence-electron chi connectivity index (χ1n) is 6.11. The molecule has 0 aromatic heterocycles. The molecule has 1 rings (SSSR count). The molecule has 0 spiro atoms. The van der Waals surface area contributed by atoms with E-state index in [0.29, 0.717) is 0 Å². The van der Waals surface area contributed by atoms with Crippen LogP contribution in [0.4, 0.5) is 22.0 Å². The van der Waals surface area contributed by atoms with Crippen molar-refractivity contribution in [1.82, 2.24) is 5.32 Å². The van der Waals surface area contributed by atoms with Gasteiger partial charge in [0.05, 0.1) is 11.6 Å². The smallest absolute Gasteiger partial charge is 0.330 e. The van der Waals surface area contributed by atoms with E-state index in [0.717, 1.165) is 0 Å². The minimum Gasteiger partial charge on any atom is -0.373 e. The molecule has 1 aromatic rings. The number of hydrogen-bond acceptors (Lipinski definition) is 2. The Bertz CT molecular complexity index is 458. The van der Waals surface area contributed by atoms with Gasteiger partial charge < -0.3 is 10.1 Å². The number of hydrogen-bond donors (Lipinski definition) is 1. The van der Waals surface area contributed by atoms with Crippen molar-refractivity contribution in [2.75, 3.05) is 20.3 Å². The highest BCUT2D eigenvalue weighted by molar-refractivity contribution is 6.30. The van der Waals surface area contributed by atoms with Crippen LogP contribution >= 0.6 is 11.6 Å². The van der Waals surface area contributed by atoms with E-state index in [1.54, 1.807) is 6.07 Å². The Morgan fingerprint density at radius 3 is 2.57 bits per heavy atom. The molecule has 1 atom stereocenters. The standard InChI is InChI=1S/C13H15ClF5NO/c1-20-9(6-21-7-13(18,19)12(16)17)5-8-3-2-4-10(14)11(8)15/h2-4,9,12,20H,5-7H2,1H3. The number of rotatable bonds is 8. The van der Waals surface area contributed by atoms with Crippen molar-refractivity contribution in [3.63, 3.8) is 0 Å². The van der Waals surface area contributed by atoms with E-state index >= 15 is 0 Å². The summed E-state index contributed by atoms with van der Waals surface area (Å²) in [5.74, 6) is -4.79. The average Bonchev–Trinajstić information content (AvgIpc) is 2.42. The summed E-state index contributed by atoms with van der Waals surface area (Å²) in [4.78, 5) is 0. The molecule has 120 valence electrons. The van der Waals surface area contributed by atoms with Crippen molar-refractivity contribution in [1.29, 1.82) is 0 Å². The monoisotopic (exact) mass is 331 g/mol. The van der Waals surface area contributed by atoms with Crippen LogP contribution in [0.3, 0.4) is 0 Å². The van der Waals surface area contributed by atoms with Gasteiger partial charge in [-0.2, -0.15) is 8.78 Å². The number of halogens is 6. The van der Waals surface area contributed by atoms with Crippen molar-refractivity contribution >= 4 is 11.6 Å². The Morgan fingerprint density at radius 1 is 1.33 bits per heavy atom. The van der Waals surface area contributed by atoms with Gasteiger partial charge >= 0.3 is 12.3 Å². The molecule has 0 aliphatic carbocycles. The zero-order valence-corrected chi connectivity index (χ0v) is 11.9. The SMILES string of the molecule is CNC(COCC(F)(F)C(F)F)Cc1cccc(Cl)c1F. The first-order valence-corrected chi connectivity index (χ1v) is 6.49. The van der Waals surface area contributed by atoms with Crippen molar-refractivity contribution in [3.8, 4) is 0 Å². The van der Waals surface area contributed by atoms with Gasteiger partial charge in [0, 0.05) is 6.04 Å². The normalized spacial score (nSPS) is 13.7. The zero-order valence-electron chi connectivity index (χ0n) is 11.2. The molecule has 0 saturated carbocycles. The van der Waals surface area contributed by atoms with Gasteiger partial charge in [0.25, 0.3) is 0 Å². The highest BCUT2D eigenvalue weighted by Gasteiger charge is 2.41. The molecule has 1 unspecified atom stereocenters. The maximum Gasteiger partial charge on any atom is 0.330 e. The molecule has 0 aliphatic heterocycles. The van der Waals surface area contributed by atoms with E-state index in [4.69, 9.17) is 11.6 Å². The van der Waals surface area contributed by atoms with E-state index in [-0.39, 0.29) is 23.6 Å². The molecule has 1 N–H and O–H groups in total. The predicted molar refractivity (Wildman–Crippen MR) is 69.7 cm³/mol. The number of ether oxygens (including phenoxy) is 1. The summed E-state index contributed by atoms with van der Waals surface area (Å²) in [5, 5.41) is 2.70. The number of likely N-dealkylation sites (N-methyl/N-ethyl adjacent to an activating group) is 1. The third-order valence-electron chi connectivity index (χ3n) is 2.84. The second kappa shape index (κ2) is 7.91. The van der Waals surface area contributed by atoms with Gasteiger partial charge in [0.1, 0.15) is 12.4 Å². The summed E-state index contributed by atoms with van der Waals surface area (Å²) < 4.78 is 67.6. The van der Waals surface area contributed by atoms with Crippen LogP contribution in [0.15, 0.2) is 18.2 Å². The van der Waals surface area contributed by atoms with Crippen LogP contribution in [-0.4, -0.2) is 38.7 Å². The minimum atomic E-state index is -4.19. The van der Waals surface area contributed by atoms with E-state index in [2.05, 4.69) is 10.1 Å². The zero-order chi connectivity index (χ0) is 16.0. The maximum absolute atomic E-state index is 13.7. The van der Waals surface area contributed by atoms with Crippen molar-refractivity contribution in [2.24, 2.45) is 0 Å². The van der Waals surface area contributed by atoms with Gasteiger partial charge in [0.15, 0.2) is 0 Å². The van der Waals surface area contributed by atoms with Crippen molar-refractivity contribution in [2.45, 2.75) is 24.8 Å². The molecule has 0 saturated heterocycles. The lowest BCUT2D eigenvalue weighted by Crippen LogP contribution is -2.37. The molecule has 2 nitrogen and oxygen atoms in total. The molecule has 0 bridgehead atoms. The fraction of sp³-hybridized carbons (Fsp3) is 0.538. The lowest BCUT2D eigenvalue weighted by Gasteiger charge is -2.20. The molecule has 1 aromatic carbocycles. The Morgan fingerprint density at radius 2 is 2.00 bits per heavy atom. The topological polar surface area (TPSA) is 21.3 Å². The highest BCUT2D eigenvalue weighted by atomic mass is 35.5. The van der Waals surface area contributed by atoms with Gasteiger partial charge in [-0.1, -0.05) is 23.7 Å². The van der Waals surface area contributed by atoms with Crippen LogP contribution in [-0.2, 0) is 11.2 Å². The number of nitrogens with one attached hydrogen (secondary N) is 1. The third-order valence-corrected chi connectivity index (χ3v) is 3.13. The Balaban J connectivity index is 2.55. The summed E-state index contributed by atoms with van der Waals surface area (Å²) in [6.07, 6.45) is -3.65. The average molecular weight is 332 g/mol. The molecule has 21 heavy (non-hydrogen) atoms. The molecule has 0 aliphatic rings. The summed E-state index contributed by atoms with van der Waals surface area (Å²) >= 11 is 5.63. The minimum absolute atomic E-state index is 0.0486. The summed E-state index contributed by atoms with van der Waals surface area (Å²) in [6, 6.07) is 3.93. The number of benzene rings is 1. The second-order valence-corrected chi connectivity index (χ2v) is 4.89. The van der Waals surface area contributed by atoms with E-state index < -0.39 is 30.8 Å². The molecule has 0 heterocycles. The van der Waals surface area contributed by atoms with Crippen LogP contribution in [0, 0.1) is 5.82 Å². The predicted octanol–water partition coefficient (Wildman–Crippen LogP) is 3.53. The quantitative estimate of drug-likeness (QED) is 0.736. The van der Waals surface area contributed by atoms with E-state index in [1.807, 2.05) is 0 Å². The highest BCUT2D eigenvalue weighted by Crippen LogP contribution is 2.23. The maximum atomic E-state index is 13.7. The van der Waals surface area contributed by atoms with Gasteiger partial charge in [-0.15, -0.1) is 0 Å². The van der Waals surface area contributed by atoms with Crippen molar-refractivity contribution < 1.29 is 26.7 Å². The fourth-order valence-electron chi connectivity index (χ4n) is 1.62. The Kier molecular flexibility index (Phi) is 6.83. The van der Waals surface area contributed by atoms with Crippen LogP contribution in [0.2, 0.25) is 5.02 Å². The first-order chi connectivity index (χ1) is 9.77. The van der Waals surface area contributed by atoms with Gasteiger partial charge in [-0.05, 0) is 25.1 Å². The summed E-state index contributed by atoms with van der Waals surface area (Å²) in [7, 11) is 1.53. The largest absolute Gasteiger partial charge is 0.373 e. The lowest BCUT2D eigenvalue weighted by molar-refractivity contribution is -0.166. The van der Waals surface area contributed by atoms with Gasteiger partial charge in [0.2, 0.25) is 0 Å². The molecule has 0 fully saturated rings. The molecule has 0 amide bonds. The first kappa shape index (κ1) is 18.1. The molecule has 8 heteroatoms. The second-order valence-electron chi connectivity index (χ2n) is 4.48. The molecular formula is C13H15ClF5NO. The van der Waals surface area contributed by atoms with E-state index in [9.17, 15) is 22.0 Å². The summed E-state index contributed by atoms with van der Waals surface area (Å²) in [5.41, 5.74) is 0.283. The fourth-order valence-corrected chi connectivity index (χ4v) is 1.81. The lowest BCUT2D eigenvalue weighted by atomic mass is 10.1. The Hall–Kier alpha value is -0.920. The van der Waals surface area contributed by atoms with E-state index in [1.165, 1.54) is 19.2 Å². The van der Waals surface area contributed by atoms with Crippen LogP contribution in [0.5, 0.6) is 0 Å². The Labute approximate surface area is 124 Å². The third kappa shape index (κ3) is 5.41. The van der Waals surface area contributed by atoms with Gasteiger partial charge in [-0.3, -0.25) is 0 Å². The summed E-state index contributed by atoms with van der Waals surface area (Å²) in [6.45, 7) is -1.65. The van der Waals surface area contributed by atoms with Crippen LogP contribution in [0.25, 0.3) is 0 Å².